The second-order valence-electron chi connectivity index (χ2n) is 6.11. The molecule has 2 aromatic rings. The summed E-state index contributed by atoms with van der Waals surface area (Å²) >= 11 is 0. The van der Waals surface area contributed by atoms with Crippen LogP contribution in [0.3, 0.4) is 0 Å². The van der Waals surface area contributed by atoms with Crippen LogP contribution in [0.5, 0.6) is 0 Å². The minimum atomic E-state index is -3.65. The smallest absolute Gasteiger partial charge is 0.243 e. The molecule has 1 N–H and O–H groups in total. The van der Waals surface area contributed by atoms with Crippen LogP contribution in [0.1, 0.15) is 19.2 Å². The third-order valence-corrected chi connectivity index (χ3v) is 6.21. The van der Waals surface area contributed by atoms with Crippen molar-refractivity contribution < 1.29 is 17.7 Å². The van der Waals surface area contributed by atoms with Gasteiger partial charge < -0.3 is 4.90 Å². The molecule has 8 nitrogen and oxygen atoms in total. The predicted octanol–water partition coefficient (Wildman–Crippen LogP) is -0.688. The number of quaternary nitrogens is 1. The van der Waals surface area contributed by atoms with Crippen molar-refractivity contribution in [1.29, 1.82) is 0 Å². The monoisotopic (exact) mass is 369 g/mol. The topological polar surface area (TPSA) is 85.4 Å². The molecule has 3 rings (SSSR count). The molecule has 10 heteroatoms. The lowest BCUT2D eigenvalue weighted by Gasteiger charge is -2.31. The van der Waals surface area contributed by atoms with Crippen LogP contribution in [0.25, 0.3) is 0 Å². The Balaban J connectivity index is 1.62. The van der Waals surface area contributed by atoms with Crippen molar-refractivity contribution in [2.75, 3.05) is 26.2 Å². The molecule has 1 aromatic heterocycles. The maximum atomic E-state index is 13.3. The van der Waals surface area contributed by atoms with E-state index in [1.807, 2.05) is 0 Å². The van der Waals surface area contributed by atoms with Crippen molar-refractivity contribution in [3.8, 4) is 0 Å². The van der Waals surface area contributed by atoms with Crippen molar-refractivity contribution >= 4 is 10.0 Å². The maximum Gasteiger partial charge on any atom is 0.243 e. The third kappa shape index (κ3) is 4.02. The van der Waals surface area contributed by atoms with E-state index in [9.17, 15) is 12.8 Å². The molecule has 136 valence electrons. The number of rotatable bonds is 6. The van der Waals surface area contributed by atoms with Gasteiger partial charge in [0, 0.05) is 6.54 Å². The van der Waals surface area contributed by atoms with Gasteiger partial charge in [-0.2, -0.15) is 4.31 Å². The first kappa shape index (κ1) is 17.9. The maximum absolute atomic E-state index is 13.3. The summed E-state index contributed by atoms with van der Waals surface area (Å²) in [5.74, 6) is 0.270. The zero-order valence-corrected chi connectivity index (χ0v) is 14.9. The summed E-state index contributed by atoms with van der Waals surface area (Å²) in [6, 6.07) is 5.14. The van der Waals surface area contributed by atoms with Gasteiger partial charge in [0.05, 0.1) is 31.1 Å². The highest BCUT2D eigenvalue weighted by atomic mass is 32.2. The molecule has 0 aliphatic carbocycles. The Kier molecular flexibility index (Phi) is 5.40. The molecule has 2 heterocycles. The van der Waals surface area contributed by atoms with Crippen LogP contribution in [-0.4, -0.2) is 59.1 Å². The minimum absolute atomic E-state index is 0.00263. The molecular weight excluding hydrogens is 347 g/mol. The molecule has 0 radical (unpaired) electrons. The van der Waals surface area contributed by atoms with E-state index in [1.54, 1.807) is 4.68 Å². The van der Waals surface area contributed by atoms with Gasteiger partial charge in [0.25, 0.3) is 0 Å². The lowest BCUT2D eigenvalue weighted by atomic mass is 10.3. The van der Waals surface area contributed by atoms with Gasteiger partial charge in [-0.15, -0.1) is 5.10 Å². The van der Waals surface area contributed by atoms with Crippen LogP contribution in [0, 0.1) is 5.82 Å². The van der Waals surface area contributed by atoms with Gasteiger partial charge in [-0.05, 0) is 35.0 Å². The van der Waals surface area contributed by atoms with E-state index in [2.05, 4.69) is 22.4 Å². The number of sulfonamides is 1. The summed E-state index contributed by atoms with van der Waals surface area (Å²) in [4.78, 5) is 1.24. The molecule has 0 spiro atoms. The number of hydrogen-bond acceptors (Lipinski definition) is 5. The standard InChI is InChI=1S/C15H21FN6O2S/c1-2-6-22-15(17-18-19-22)12-20-7-9-21(10-8-20)25(23,24)14-5-3-4-13(16)11-14/h3-5,11H,2,6-10,12H2,1H3/p+1. The SMILES string of the molecule is CCCn1nnnc1C[NH+]1CCN(S(=O)(=O)c2cccc(F)c2)CC1. The van der Waals surface area contributed by atoms with Gasteiger partial charge >= 0.3 is 0 Å². The van der Waals surface area contributed by atoms with E-state index in [0.717, 1.165) is 24.9 Å². The van der Waals surface area contributed by atoms with Crippen molar-refractivity contribution in [2.45, 2.75) is 31.3 Å². The molecule has 0 bridgehead atoms. The molecular formula is C15H22FN6O2S+. The molecule has 0 amide bonds. The van der Waals surface area contributed by atoms with E-state index in [1.165, 1.54) is 27.4 Å². The van der Waals surface area contributed by atoms with Gasteiger partial charge in [-0.1, -0.05) is 13.0 Å². The quantitative estimate of drug-likeness (QED) is 0.729. The minimum Gasteiger partial charge on any atom is -0.326 e. The van der Waals surface area contributed by atoms with Crippen LogP contribution < -0.4 is 4.90 Å². The number of nitrogens with one attached hydrogen (secondary N) is 1. The summed E-state index contributed by atoms with van der Waals surface area (Å²) in [5.41, 5.74) is 0. The highest BCUT2D eigenvalue weighted by Crippen LogP contribution is 2.16. The Hall–Kier alpha value is -1.91. The average Bonchev–Trinajstić information content (AvgIpc) is 3.03. The van der Waals surface area contributed by atoms with Crippen molar-refractivity contribution in [2.24, 2.45) is 0 Å². The molecule has 1 aromatic carbocycles. The first-order chi connectivity index (χ1) is 12.0. The van der Waals surface area contributed by atoms with Gasteiger partial charge in [-0.3, -0.25) is 0 Å². The molecule has 0 atom stereocenters. The average molecular weight is 369 g/mol. The fraction of sp³-hybridized carbons (Fsp3) is 0.533. The summed E-state index contributed by atoms with van der Waals surface area (Å²) in [7, 11) is -3.65. The summed E-state index contributed by atoms with van der Waals surface area (Å²) < 4.78 is 41.8. The number of benzene rings is 1. The van der Waals surface area contributed by atoms with Gasteiger partial charge in [0.2, 0.25) is 15.8 Å². The lowest BCUT2D eigenvalue weighted by molar-refractivity contribution is -0.918. The van der Waals surface area contributed by atoms with Gasteiger partial charge in [0.15, 0.2) is 0 Å². The van der Waals surface area contributed by atoms with Crippen LogP contribution >= 0.6 is 0 Å². The van der Waals surface area contributed by atoms with Crippen molar-refractivity contribution in [3.05, 3.63) is 35.9 Å². The van der Waals surface area contributed by atoms with Crippen molar-refractivity contribution in [3.63, 3.8) is 0 Å². The predicted molar refractivity (Wildman–Crippen MR) is 87.7 cm³/mol. The van der Waals surface area contributed by atoms with Crippen LogP contribution in [0.15, 0.2) is 29.2 Å². The fourth-order valence-corrected chi connectivity index (χ4v) is 4.43. The fourth-order valence-electron chi connectivity index (χ4n) is 2.96. The number of nitrogens with zero attached hydrogens (tertiary/aromatic N) is 5. The first-order valence-corrected chi connectivity index (χ1v) is 9.79. The molecule has 25 heavy (non-hydrogen) atoms. The van der Waals surface area contributed by atoms with E-state index >= 15 is 0 Å². The first-order valence-electron chi connectivity index (χ1n) is 8.35. The number of aromatic nitrogens is 4. The van der Waals surface area contributed by atoms with Gasteiger partial charge in [0.1, 0.15) is 12.4 Å². The zero-order chi connectivity index (χ0) is 17.9. The van der Waals surface area contributed by atoms with E-state index in [-0.39, 0.29) is 4.90 Å². The lowest BCUT2D eigenvalue weighted by Crippen LogP contribution is -3.13. The second kappa shape index (κ2) is 7.54. The molecule has 1 fully saturated rings. The number of hydrogen-bond donors (Lipinski definition) is 1. The number of halogens is 1. The zero-order valence-electron chi connectivity index (χ0n) is 14.1. The summed E-state index contributed by atoms with van der Waals surface area (Å²) in [5, 5.41) is 11.8. The largest absolute Gasteiger partial charge is 0.326 e. The highest BCUT2D eigenvalue weighted by Gasteiger charge is 2.31. The Morgan fingerprint density at radius 2 is 2.04 bits per heavy atom. The number of aryl methyl sites for hydroxylation is 1. The van der Waals surface area contributed by atoms with E-state index in [4.69, 9.17) is 0 Å². The summed E-state index contributed by atoms with van der Waals surface area (Å²) in [6.07, 6.45) is 0.951. The molecule has 1 aliphatic rings. The Morgan fingerprint density at radius 3 is 2.72 bits per heavy atom. The third-order valence-electron chi connectivity index (χ3n) is 4.31. The van der Waals surface area contributed by atoms with E-state index < -0.39 is 15.8 Å². The second-order valence-corrected chi connectivity index (χ2v) is 8.04. The normalized spacial score (nSPS) is 17.0. The Bertz CT molecular complexity index is 817. The van der Waals surface area contributed by atoms with Crippen molar-refractivity contribution in [1.82, 2.24) is 24.5 Å². The Labute approximate surface area is 146 Å². The van der Waals surface area contributed by atoms with E-state index in [0.29, 0.717) is 32.7 Å². The number of piperazine rings is 1. The van der Waals surface area contributed by atoms with Crippen LogP contribution in [0.2, 0.25) is 0 Å². The van der Waals surface area contributed by atoms with Gasteiger partial charge in [-0.25, -0.2) is 17.5 Å². The Morgan fingerprint density at radius 1 is 1.28 bits per heavy atom. The number of tetrazole rings is 1. The highest BCUT2D eigenvalue weighted by molar-refractivity contribution is 7.89. The molecule has 0 unspecified atom stereocenters. The summed E-state index contributed by atoms with van der Waals surface area (Å²) in [6.45, 7) is 5.61. The molecule has 0 saturated carbocycles. The molecule has 1 saturated heterocycles. The molecule has 1 aliphatic heterocycles. The van der Waals surface area contributed by atoms with Crippen LogP contribution in [-0.2, 0) is 23.1 Å². The van der Waals surface area contributed by atoms with Crippen LogP contribution in [0.4, 0.5) is 4.39 Å².